The summed E-state index contributed by atoms with van der Waals surface area (Å²) in [7, 11) is 1.40. The van der Waals surface area contributed by atoms with Crippen molar-refractivity contribution in [1.29, 1.82) is 0 Å². The van der Waals surface area contributed by atoms with E-state index in [9.17, 15) is 13.6 Å². The van der Waals surface area contributed by atoms with E-state index in [0.717, 1.165) is 4.90 Å². The fraction of sp³-hybridized carbons (Fsp3) is 0.0714. The van der Waals surface area contributed by atoms with Gasteiger partial charge in [-0.1, -0.05) is 28.1 Å². The molecule has 0 unspecified atom stereocenters. The van der Waals surface area contributed by atoms with Crippen LogP contribution in [0.4, 0.5) is 14.5 Å². The monoisotopic (exact) mass is 325 g/mol. The number of anilines is 1. The number of hydrogen-bond donors (Lipinski definition) is 0. The lowest BCUT2D eigenvalue weighted by atomic mass is 10.1. The van der Waals surface area contributed by atoms with Gasteiger partial charge in [0, 0.05) is 11.5 Å². The average molecular weight is 326 g/mol. The lowest BCUT2D eigenvalue weighted by Crippen LogP contribution is -2.27. The minimum Gasteiger partial charge on any atom is -0.309 e. The Morgan fingerprint density at radius 2 is 1.79 bits per heavy atom. The molecule has 0 saturated carbocycles. The maximum Gasteiger partial charge on any atom is 0.261 e. The van der Waals surface area contributed by atoms with Gasteiger partial charge in [-0.05, 0) is 30.3 Å². The van der Waals surface area contributed by atoms with Crippen molar-refractivity contribution in [2.24, 2.45) is 0 Å². The fourth-order valence-corrected chi connectivity index (χ4v) is 2.01. The van der Waals surface area contributed by atoms with Gasteiger partial charge in [0.25, 0.3) is 5.91 Å². The van der Waals surface area contributed by atoms with Crippen molar-refractivity contribution >= 4 is 27.5 Å². The maximum absolute atomic E-state index is 13.7. The molecule has 19 heavy (non-hydrogen) atoms. The highest BCUT2D eigenvalue weighted by atomic mass is 79.9. The number of benzene rings is 2. The second-order valence-corrected chi connectivity index (χ2v) is 4.86. The topological polar surface area (TPSA) is 20.3 Å². The SMILES string of the molecule is CN(C(=O)c1ccc(Br)cc1F)c1ccccc1F. The Morgan fingerprint density at radius 3 is 2.42 bits per heavy atom. The number of rotatable bonds is 2. The zero-order valence-electron chi connectivity index (χ0n) is 10.0. The van der Waals surface area contributed by atoms with E-state index in [-0.39, 0.29) is 11.3 Å². The number of carbonyl (C=O) groups is 1. The summed E-state index contributed by atoms with van der Waals surface area (Å²) >= 11 is 3.11. The van der Waals surface area contributed by atoms with Crippen LogP contribution in [0.25, 0.3) is 0 Å². The van der Waals surface area contributed by atoms with Crippen LogP contribution in [0.5, 0.6) is 0 Å². The van der Waals surface area contributed by atoms with Crippen LogP contribution >= 0.6 is 15.9 Å². The van der Waals surface area contributed by atoms with E-state index in [4.69, 9.17) is 0 Å². The Hall–Kier alpha value is -1.75. The molecule has 0 bridgehead atoms. The van der Waals surface area contributed by atoms with E-state index in [0.29, 0.717) is 4.47 Å². The average Bonchev–Trinajstić information content (AvgIpc) is 2.38. The third-order valence-electron chi connectivity index (χ3n) is 2.68. The van der Waals surface area contributed by atoms with E-state index >= 15 is 0 Å². The second-order valence-electron chi connectivity index (χ2n) is 3.94. The molecule has 0 aliphatic rings. The van der Waals surface area contributed by atoms with Crippen molar-refractivity contribution in [3.63, 3.8) is 0 Å². The molecule has 0 fully saturated rings. The van der Waals surface area contributed by atoms with E-state index in [2.05, 4.69) is 15.9 Å². The number of carbonyl (C=O) groups excluding carboxylic acids is 1. The Balaban J connectivity index is 2.37. The van der Waals surface area contributed by atoms with Crippen molar-refractivity contribution in [2.45, 2.75) is 0 Å². The molecule has 0 N–H and O–H groups in total. The molecule has 0 aliphatic carbocycles. The normalized spacial score (nSPS) is 10.3. The van der Waals surface area contributed by atoms with Crippen molar-refractivity contribution in [2.75, 3.05) is 11.9 Å². The molecule has 2 aromatic carbocycles. The summed E-state index contributed by atoms with van der Waals surface area (Å²) < 4.78 is 27.8. The van der Waals surface area contributed by atoms with Gasteiger partial charge in [0.05, 0.1) is 11.3 Å². The molecule has 0 aliphatic heterocycles. The van der Waals surface area contributed by atoms with Crippen LogP contribution < -0.4 is 4.90 Å². The van der Waals surface area contributed by atoms with Crippen LogP contribution in [0, 0.1) is 11.6 Å². The molecular formula is C14H10BrF2NO. The molecule has 98 valence electrons. The number of hydrogen-bond acceptors (Lipinski definition) is 1. The molecule has 0 atom stereocenters. The molecule has 2 nitrogen and oxygen atoms in total. The molecule has 0 spiro atoms. The Morgan fingerprint density at radius 1 is 1.11 bits per heavy atom. The van der Waals surface area contributed by atoms with Crippen LogP contribution in [0.2, 0.25) is 0 Å². The summed E-state index contributed by atoms with van der Waals surface area (Å²) in [6.07, 6.45) is 0. The van der Waals surface area contributed by atoms with Crippen LogP contribution in [0.15, 0.2) is 46.9 Å². The quantitative estimate of drug-likeness (QED) is 0.817. The molecule has 1 amide bonds. The number of halogens is 3. The van der Waals surface area contributed by atoms with Gasteiger partial charge in [-0.2, -0.15) is 0 Å². The molecule has 5 heteroatoms. The summed E-state index contributed by atoms with van der Waals surface area (Å²) in [5, 5.41) is 0. The summed E-state index contributed by atoms with van der Waals surface area (Å²) in [6.45, 7) is 0. The minimum atomic E-state index is -0.650. The molecule has 2 rings (SSSR count). The van der Waals surface area contributed by atoms with Crippen LogP contribution in [-0.4, -0.2) is 13.0 Å². The summed E-state index contributed by atoms with van der Waals surface area (Å²) in [5.41, 5.74) is 0.00349. The van der Waals surface area contributed by atoms with Gasteiger partial charge < -0.3 is 4.90 Å². The highest BCUT2D eigenvalue weighted by Crippen LogP contribution is 2.22. The van der Waals surface area contributed by atoms with Crippen molar-refractivity contribution in [3.8, 4) is 0 Å². The largest absolute Gasteiger partial charge is 0.309 e. The minimum absolute atomic E-state index is 0.103. The van der Waals surface area contributed by atoms with E-state index in [1.807, 2.05) is 0 Å². The van der Waals surface area contributed by atoms with Gasteiger partial charge in [0.1, 0.15) is 11.6 Å². The summed E-state index contributed by atoms with van der Waals surface area (Å²) in [4.78, 5) is 13.2. The van der Waals surface area contributed by atoms with Crippen LogP contribution in [0.3, 0.4) is 0 Å². The lowest BCUT2D eigenvalue weighted by molar-refractivity contribution is 0.0988. The highest BCUT2D eigenvalue weighted by Gasteiger charge is 2.19. The molecule has 0 radical (unpaired) electrons. The predicted molar refractivity (Wildman–Crippen MR) is 73.2 cm³/mol. The van der Waals surface area contributed by atoms with Gasteiger partial charge in [0.15, 0.2) is 0 Å². The Labute approximate surface area is 117 Å². The molecule has 0 saturated heterocycles. The fourth-order valence-electron chi connectivity index (χ4n) is 1.68. The Kier molecular flexibility index (Phi) is 3.95. The lowest BCUT2D eigenvalue weighted by Gasteiger charge is -2.18. The third-order valence-corrected chi connectivity index (χ3v) is 3.17. The first-order valence-electron chi connectivity index (χ1n) is 5.48. The van der Waals surface area contributed by atoms with Gasteiger partial charge in [-0.25, -0.2) is 8.78 Å². The van der Waals surface area contributed by atoms with Crippen LogP contribution in [-0.2, 0) is 0 Å². The van der Waals surface area contributed by atoms with Gasteiger partial charge in [0.2, 0.25) is 0 Å². The molecular weight excluding hydrogens is 316 g/mol. The first-order chi connectivity index (χ1) is 9.00. The van der Waals surface area contributed by atoms with Gasteiger partial charge in [-0.15, -0.1) is 0 Å². The maximum atomic E-state index is 13.7. The van der Waals surface area contributed by atoms with Gasteiger partial charge in [-0.3, -0.25) is 4.79 Å². The zero-order valence-corrected chi connectivity index (χ0v) is 11.6. The van der Waals surface area contributed by atoms with Crippen molar-refractivity contribution in [1.82, 2.24) is 0 Å². The van der Waals surface area contributed by atoms with Crippen LogP contribution in [0.1, 0.15) is 10.4 Å². The zero-order chi connectivity index (χ0) is 14.0. The number of para-hydroxylation sites is 1. The Bertz CT molecular complexity index is 631. The smallest absolute Gasteiger partial charge is 0.261 e. The summed E-state index contributed by atoms with van der Waals surface area (Å²) in [5.74, 6) is -1.78. The standard InChI is InChI=1S/C14H10BrF2NO/c1-18(13-5-3-2-4-11(13)16)14(19)10-7-6-9(15)8-12(10)17/h2-8H,1H3. The second kappa shape index (κ2) is 5.48. The first-order valence-corrected chi connectivity index (χ1v) is 6.27. The van der Waals surface area contributed by atoms with E-state index in [1.165, 1.54) is 37.4 Å². The first kappa shape index (κ1) is 13.7. The van der Waals surface area contributed by atoms with Crippen molar-refractivity contribution in [3.05, 3.63) is 64.1 Å². The van der Waals surface area contributed by atoms with Crippen molar-refractivity contribution < 1.29 is 13.6 Å². The third kappa shape index (κ3) is 2.81. The summed E-state index contributed by atoms with van der Waals surface area (Å²) in [6, 6.07) is 9.96. The van der Waals surface area contributed by atoms with Gasteiger partial charge >= 0.3 is 0 Å². The predicted octanol–water partition coefficient (Wildman–Crippen LogP) is 4.00. The number of amides is 1. The molecule has 2 aromatic rings. The van der Waals surface area contributed by atoms with E-state index in [1.54, 1.807) is 12.1 Å². The highest BCUT2D eigenvalue weighted by molar-refractivity contribution is 9.10. The van der Waals surface area contributed by atoms with E-state index < -0.39 is 17.5 Å². The molecule has 0 heterocycles. The number of nitrogens with zero attached hydrogens (tertiary/aromatic N) is 1. The molecule has 0 aromatic heterocycles.